The highest BCUT2D eigenvalue weighted by Gasteiger charge is 2.36. The molecule has 148 valence electrons. The van der Waals surface area contributed by atoms with E-state index in [-0.39, 0.29) is 10.8 Å². The fourth-order valence-electron chi connectivity index (χ4n) is 3.55. The molecule has 2 aromatic rings. The van der Waals surface area contributed by atoms with Crippen molar-refractivity contribution < 1.29 is 13.2 Å². The number of nitrogens with zero attached hydrogens (tertiary/aromatic N) is 2. The van der Waals surface area contributed by atoms with Gasteiger partial charge in [0.2, 0.25) is 10.0 Å². The van der Waals surface area contributed by atoms with Gasteiger partial charge in [0.1, 0.15) is 4.90 Å². The molecule has 4 rings (SSSR count). The molecule has 2 aliphatic rings. The molecule has 1 unspecified atom stereocenters. The van der Waals surface area contributed by atoms with E-state index in [0.29, 0.717) is 36.9 Å². The van der Waals surface area contributed by atoms with Crippen molar-refractivity contribution in [1.82, 2.24) is 9.62 Å². The number of carbonyl (C=O) groups excluding carboxylic acids is 1. The maximum atomic E-state index is 12.9. The topological polar surface area (TPSA) is 81.8 Å². The summed E-state index contributed by atoms with van der Waals surface area (Å²) in [6.45, 7) is 4.20. The zero-order valence-corrected chi connectivity index (χ0v) is 16.9. The van der Waals surface area contributed by atoms with Crippen molar-refractivity contribution in [3.8, 4) is 0 Å². The molecular formula is C19H21ClN4O3S. The van der Waals surface area contributed by atoms with Crippen molar-refractivity contribution in [2.24, 2.45) is 0 Å². The summed E-state index contributed by atoms with van der Waals surface area (Å²) in [6, 6.07) is 12.6. The van der Waals surface area contributed by atoms with Crippen LogP contribution in [0.4, 0.5) is 11.4 Å². The number of fused-ring (bicyclic) bond motifs is 1. The number of hydrogen-bond acceptors (Lipinski definition) is 5. The number of carbonyl (C=O) groups is 1. The van der Waals surface area contributed by atoms with Crippen LogP contribution in [0.3, 0.4) is 0 Å². The molecule has 28 heavy (non-hydrogen) atoms. The average Bonchev–Trinajstić information content (AvgIpc) is 2.66. The first kappa shape index (κ1) is 19.0. The molecule has 1 amide bonds. The zero-order valence-electron chi connectivity index (χ0n) is 15.4. The second-order valence-electron chi connectivity index (χ2n) is 6.99. The standard InChI is InChI=1S/C19H21ClN4O3S/c1-13-5-6-17-16(11-13)21-18(22-28(17,26)27)19(25)24-9-7-23(8-10-24)15-4-2-3-14(20)12-15/h2-6,11-12,18,21-22H,7-10H2,1H3. The monoisotopic (exact) mass is 420 g/mol. The lowest BCUT2D eigenvalue weighted by molar-refractivity contribution is -0.132. The van der Waals surface area contributed by atoms with Crippen LogP contribution in [0.1, 0.15) is 5.56 Å². The highest BCUT2D eigenvalue weighted by Crippen LogP contribution is 2.27. The maximum Gasteiger partial charge on any atom is 0.261 e. The number of aryl methyl sites for hydroxylation is 1. The zero-order chi connectivity index (χ0) is 19.9. The second-order valence-corrected chi connectivity index (χ2v) is 9.11. The molecule has 1 fully saturated rings. The summed E-state index contributed by atoms with van der Waals surface area (Å²) in [5.41, 5.74) is 2.39. The van der Waals surface area contributed by atoms with Gasteiger partial charge in [0.25, 0.3) is 5.91 Å². The molecule has 9 heteroatoms. The molecule has 2 N–H and O–H groups in total. The number of rotatable bonds is 2. The summed E-state index contributed by atoms with van der Waals surface area (Å²) in [4.78, 5) is 16.9. The van der Waals surface area contributed by atoms with Crippen molar-refractivity contribution in [3.05, 3.63) is 53.1 Å². The molecule has 0 aromatic heterocycles. The summed E-state index contributed by atoms with van der Waals surface area (Å²) < 4.78 is 27.5. The van der Waals surface area contributed by atoms with E-state index in [2.05, 4.69) is 14.9 Å². The van der Waals surface area contributed by atoms with Crippen LogP contribution in [-0.2, 0) is 14.8 Å². The smallest absolute Gasteiger partial charge is 0.261 e. The Hall–Kier alpha value is -2.29. The van der Waals surface area contributed by atoms with Gasteiger partial charge in [-0.15, -0.1) is 0 Å². The van der Waals surface area contributed by atoms with Crippen molar-refractivity contribution in [2.75, 3.05) is 36.4 Å². The van der Waals surface area contributed by atoms with E-state index in [0.717, 1.165) is 11.3 Å². The number of piperazine rings is 1. The molecule has 2 aromatic carbocycles. The molecule has 0 radical (unpaired) electrons. The van der Waals surface area contributed by atoms with Crippen molar-refractivity contribution in [3.63, 3.8) is 0 Å². The van der Waals surface area contributed by atoms with Crippen LogP contribution in [0.25, 0.3) is 0 Å². The number of hydrogen-bond donors (Lipinski definition) is 2. The van der Waals surface area contributed by atoms with Crippen LogP contribution in [0.15, 0.2) is 47.4 Å². The predicted molar refractivity (Wildman–Crippen MR) is 109 cm³/mol. The van der Waals surface area contributed by atoms with Gasteiger partial charge in [-0.25, -0.2) is 8.42 Å². The quantitative estimate of drug-likeness (QED) is 0.776. The number of anilines is 2. The van der Waals surface area contributed by atoms with Gasteiger partial charge in [0, 0.05) is 36.9 Å². The lowest BCUT2D eigenvalue weighted by Crippen LogP contribution is -2.58. The molecule has 0 saturated carbocycles. The van der Waals surface area contributed by atoms with Gasteiger partial charge in [0.05, 0.1) is 5.69 Å². The third-order valence-corrected chi connectivity index (χ3v) is 6.73. The molecule has 2 heterocycles. The first-order valence-corrected chi connectivity index (χ1v) is 10.9. The van der Waals surface area contributed by atoms with Gasteiger partial charge in [-0.05, 0) is 42.8 Å². The minimum atomic E-state index is -3.74. The molecule has 0 aliphatic carbocycles. The Morgan fingerprint density at radius 2 is 1.86 bits per heavy atom. The Morgan fingerprint density at radius 1 is 1.11 bits per heavy atom. The van der Waals surface area contributed by atoms with Crippen LogP contribution >= 0.6 is 11.6 Å². The Kier molecular flexibility index (Phi) is 4.95. The fourth-order valence-corrected chi connectivity index (χ4v) is 4.98. The molecule has 1 saturated heterocycles. The van der Waals surface area contributed by atoms with Gasteiger partial charge in [-0.3, -0.25) is 4.79 Å². The predicted octanol–water partition coefficient (Wildman–Crippen LogP) is 2.03. The van der Waals surface area contributed by atoms with Gasteiger partial charge in [0.15, 0.2) is 6.17 Å². The highest BCUT2D eigenvalue weighted by atomic mass is 35.5. The summed E-state index contributed by atoms with van der Waals surface area (Å²) in [5.74, 6) is -0.276. The van der Waals surface area contributed by atoms with Crippen LogP contribution in [0.2, 0.25) is 5.02 Å². The first-order valence-electron chi connectivity index (χ1n) is 9.02. The Bertz CT molecular complexity index is 1020. The van der Waals surface area contributed by atoms with Crippen molar-refractivity contribution in [2.45, 2.75) is 18.0 Å². The number of amides is 1. The summed E-state index contributed by atoms with van der Waals surface area (Å²) >= 11 is 6.06. The first-order chi connectivity index (χ1) is 13.3. The molecular weight excluding hydrogens is 400 g/mol. The largest absolute Gasteiger partial charge is 0.368 e. The van der Waals surface area contributed by atoms with Crippen molar-refractivity contribution in [1.29, 1.82) is 0 Å². The third kappa shape index (κ3) is 3.67. The normalized spacial score (nSPS) is 21.0. The second kappa shape index (κ2) is 7.27. The fraction of sp³-hybridized carbons (Fsp3) is 0.316. The van der Waals surface area contributed by atoms with Crippen LogP contribution in [-0.4, -0.2) is 51.6 Å². The van der Waals surface area contributed by atoms with Crippen molar-refractivity contribution >= 4 is 38.9 Å². The summed E-state index contributed by atoms with van der Waals surface area (Å²) in [6.07, 6.45) is -1.00. The van der Waals surface area contributed by atoms with E-state index in [1.54, 1.807) is 23.1 Å². The van der Waals surface area contributed by atoms with E-state index in [9.17, 15) is 13.2 Å². The Balaban J connectivity index is 1.46. The van der Waals surface area contributed by atoms with E-state index in [1.807, 2.05) is 31.2 Å². The van der Waals surface area contributed by atoms with Crippen LogP contribution in [0.5, 0.6) is 0 Å². The Labute approximate surface area is 169 Å². The minimum absolute atomic E-state index is 0.160. The number of sulfonamides is 1. The SMILES string of the molecule is Cc1ccc2c(c1)NC(C(=O)N1CCN(c3cccc(Cl)c3)CC1)NS2(=O)=O. The minimum Gasteiger partial charge on any atom is -0.368 e. The summed E-state index contributed by atoms with van der Waals surface area (Å²) in [7, 11) is -3.74. The van der Waals surface area contributed by atoms with Gasteiger partial charge in [-0.1, -0.05) is 23.7 Å². The average molecular weight is 421 g/mol. The number of nitrogens with one attached hydrogen (secondary N) is 2. The Morgan fingerprint density at radius 3 is 2.57 bits per heavy atom. The molecule has 7 nitrogen and oxygen atoms in total. The van der Waals surface area contributed by atoms with E-state index in [1.165, 1.54) is 0 Å². The van der Waals surface area contributed by atoms with E-state index >= 15 is 0 Å². The van der Waals surface area contributed by atoms with Gasteiger partial charge < -0.3 is 15.1 Å². The molecule has 0 bridgehead atoms. The highest BCUT2D eigenvalue weighted by molar-refractivity contribution is 7.89. The van der Waals surface area contributed by atoms with Crippen LogP contribution < -0.4 is 14.9 Å². The van der Waals surface area contributed by atoms with Gasteiger partial charge >= 0.3 is 0 Å². The molecule has 1 atom stereocenters. The lowest BCUT2D eigenvalue weighted by atomic mass is 10.2. The van der Waals surface area contributed by atoms with E-state index < -0.39 is 16.2 Å². The summed E-state index contributed by atoms with van der Waals surface area (Å²) in [5, 5.41) is 3.70. The molecule has 0 spiro atoms. The van der Waals surface area contributed by atoms with Crippen LogP contribution in [0, 0.1) is 6.92 Å². The number of benzene rings is 2. The third-order valence-electron chi connectivity index (χ3n) is 5.01. The number of halogens is 1. The van der Waals surface area contributed by atoms with Gasteiger partial charge in [-0.2, -0.15) is 4.72 Å². The molecule has 2 aliphatic heterocycles. The lowest BCUT2D eigenvalue weighted by Gasteiger charge is -2.38. The maximum absolute atomic E-state index is 12.9. The van der Waals surface area contributed by atoms with E-state index in [4.69, 9.17) is 11.6 Å².